The maximum atomic E-state index is 12.8. The number of nitrogens with zero attached hydrogens (tertiary/aromatic N) is 3. The molecule has 2 N–H and O–H groups in total. The Kier molecular flexibility index (Phi) is 11.6. The molecule has 13 heteroatoms. The number of pyridine rings is 1. The lowest BCUT2D eigenvalue weighted by molar-refractivity contribution is 0.0698. The third-order valence-corrected chi connectivity index (χ3v) is 8.25. The van der Waals surface area contributed by atoms with Crippen molar-refractivity contribution >= 4 is 87.1 Å². The Balaban J connectivity index is 0.00000205. The molecule has 2 heterocycles. The zero-order valence-corrected chi connectivity index (χ0v) is 26.1. The summed E-state index contributed by atoms with van der Waals surface area (Å²) in [6.45, 7) is 6.11. The summed E-state index contributed by atoms with van der Waals surface area (Å²) in [6, 6.07) is 20.3. The van der Waals surface area contributed by atoms with Crippen LogP contribution in [0.5, 0.6) is 0 Å². The van der Waals surface area contributed by atoms with Crippen LogP contribution in [-0.4, -0.2) is 56.4 Å². The molecule has 1 fully saturated rings. The monoisotopic (exact) mass is 652 g/mol. The number of carbonyl (C=O) groups is 2. The number of hydrogen-bond acceptors (Lipinski definition) is 7. The van der Waals surface area contributed by atoms with Crippen LogP contribution in [0.2, 0.25) is 0 Å². The van der Waals surface area contributed by atoms with Crippen molar-refractivity contribution in [2.45, 2.75) is 18.7 Å². The summed E-state index contributed by atoms with van der Waals surface area (Å²) in [6.07, 6.45) is 0. The molecule has 0 aliphatic carbocycles. The molecular formula is C29H31Cl3N4O5S. The maximum absolute atomic E-state index is 12.8. The Labute approximate surface area is 263 Å². The highest BCUT2D eigenvalue weighted by Gasteiger charge is 2.22. The molecule has 0 amide bonds. The van der Waals surface area contributed by atoms with E-state index in [1.165, 1.54) is 18.2 Å². The molecule has 0 atom stereocenters. The van der Waals surface area contributed by atoms with Gasteiger partial charge in [-0.2, -0.15) is 0 Å². The molecule has 0 saturated carbocycles. The quantitative estimate of drug-likeness (QED) is 0.239. The number of carboxylic acid groups (broad SMARTS) is 1. The Morgan fingerprint density at radius 2 is 1.43 bits per heavy atom. The van der Waals surface area contributed by atoms with Crippen LogP contribution in [0.1, 0.15) is 33.2 Å². The smallest absolute Gasteiger partial charge is 0.336 e. The number of aromatic nitrogens is 1. The second-order valence-corrected chi connectivity index (χ2v) is 11.2. The van der Waals surface area contributed by atoms with E-state index < -0.39 is 16.0 Å². The fourth-order valence-electron chi connectivity index (χ4n) is 4.65. The number of hydrogen-bond donors (Lipinski definition) is 2. The lowest BCUT2D eigenvalue weighted by Crippen LogP contribution is -2.46. The SMILES string of the molecule is CC(=O)c1ccc(N2CCN(c3cc(C(=O)O)c4cc(NS(=O)(=O)c5ccc(C)cc5)ccc4n3)CC2)cc1.Cl.Cl.Cl. The van der Waals surface area contributed by atoms with Gasteiger partial charge in [-0.15, -0.1) is 37.2 Å². The van der Waals surface area contributed by atoms with Gasteiger partial charge in [-0.3, -0.25) is 9.52 Å². The summed E-state index contributed by atoms with van der Waals surface area (Å²) in [4.78, 5) is 32.8. The Morgan fingerprint density at radius 3 is 2.00 bits per heavy atom. The van der Waals surface area contributed by atoms with Gasteiger partial charge in [0.25, 0.3) is 10.0 Å². The van der Waals surface area contributed by atoms with E-state index in [0.29, 0.717) is 48.5 Å². The zero-order chi connectivity index (χ0) is 27.7. The zero-order valence-electron chi connectivity index (χ0n) is 22.8. The van der Waals surface area contributed by atoms with Gasteiger partial charge in [0.05, 0.1) is 16.0 Å². The van der Waals surface area contributed by atoms with Crippen molar-refractivity contribution in [3.63, 3.8) is 0 Å². The number of carboxylic acids is 1. The van der Waals surface area contributed by atoms with Gasteiger partial charge in [0, 0.05) is 48.5 Å². The number of sulfonamides is 1. The van der Waals surface area contributed by atoms with Crippen molar-refractivity contribution in [2.75, 3.05) is 40.7 Å². The van der Waals surface area contributed by atoms with Crippen LogP contribution < -0.4 is 14.5 Å². The molecule has 1 aromatic heterocycles. The van der Waals surface area contributed by atoms with Crippen LogP contribution in [0.4, 0.5) is 17.2 Å². The second kappa shape index (κ2) is 14.1. The molecular weight excluding hydrogens is 623 g/mol. The topological polar surface area (TPSA) is 120 Å². The largest absolute Gasteiger partial charge is 0.478 e. The summed E-state index contributed by atoms with van der Waals surface area (Å²) in [5, 5.41) is 10.3. The number of anilines is 3. The van der Waals surface area contributed by atoms with Crippen molar-refractivity contribution in [1.82, 2.24) is 4.98 Å². The number of nitrogens with one attached hydrogen (secondary N) is 1. The fourth-order valence-corrected chi connectivity index (χ4v) is 5.70. The predicted octanol–water partition coefficient (Wildman–Crippen LogP) is 5.84. The molecule has 0 radical (unpaired) electrons. The normalized spacial score (nSPS) is 12.9. The van der Waals surface area contributed by atoms with Gasteiger partial charge in [-0.25, -0.2) is 18.2 Å². The standard InChI is InChI=1S/C29H28N4O5S.3ClH/c1-19-3-10-24(11-4-19)39(37,38)31-22-7-12-27-25(17-22)26(29(35)36)18-28(30-27)33-15-13-32(14-16-33)23-8-5-21(6-9-23)20(2)34;;;/h3-12,17-18,31H,13-16H2,1-2H3,(H,35,36);3*1H. The van der Waals surface area contributed by atoms with Crippen LogP contribution in [0.15, 0.2) is 77.7 Å². The third-order valence-electron chi connectivity index (χ3n) is 6.85. The highest BCUT2D eigenvalue weighted by atomic mass is 35.5. The fraction of sp³-hybridized carbons (Fsp3) is 0.207. The molecule has 3 aromatic carbocycles. The molecule has 42 heavy (non-hydrogen) atoms. The molecule has 0 bridgehead atoms. The second-order valence-electron chi connectivity index (χ2n) is 9.56. The van der Waals surface area contributed by atoms with Crippen molar-refractivity contribution in [1.29, 1.82) is 0 Å². The summed E-state index contributed by atoms with van der Waals surface area (Å²) in [7, 11) is -3.84. The molecule has 1 aliphatic heterocycles. The van der Waals surface area contributed by atoms with Gasteiger partial charge in [0.2, 0.25) is 0 Å². The lowest BCUT2D eigenvalue weighted by atomic mass is 10.1. The molecule has 224 valence electrons. The van der Waals surface area contributed by atoms with Crippen LogP contribution in [-0.2, 0) is 10.0 Å². The Bertz CT molecular complexity index is 1680. The van der Waals surface area contributed by atoms with E-state index in [1.54, 1.807) is 37.3 Å². The Morgan fingerprint density at radius 1 is 0.833 bits per heavy atom. The van der Waals surface area contributed by atoms with Crippen molar-refractivity contribution in [3.05, 3.63) is 89.5 Å². The summed E-state index contributed by atoms with van der Waals surface area (Å²) >= 11 is 0. The molecule has 5 rings (SSSR count). The van der Waals surface area contributed by atoms with E-state index in [4.69, 9.17) is 4.98 Å². The number of fused-ring (bicyclic) bond motifs is 1. The van der Waals surface area contributed by atoms with Crippen LogP contribution >= 0.6 is 37.2 Å². The summed E-state index contributed by atoms with van der Waals surface area (Å²) in [5.74, 6) is -0.537. The van der Waals surface area contributed by atoms with Crippen molar-refractivity contribution in [2.24, 2.45) is 0 Å². The maximum Gasteiger partial charge on any atom is 0.336 e. The number of piperazine rings is 1. The van der Waals surface area contributed by atoms with Gasteiger partial charge < -0.3 is 14.9 Å². The average Bonchev–Trinajstić information content (AvgIpc) is 2.92. The number of aromatic carboxylic acids is 1. The summed E-state index contributed by atoms with van der Waals surface area (Å²) in [5.41, 5.74) is 3.41. The minimum Gasteiger partial charge on any atom is -0.478 e. The highest BCUT2D eigenvalue weighted by molar-refractivity contribution is 7.92. The molecule has 0 unspecified atom stereocenters. The van der Waals surface area contributed by atoms with E-state index in [-0.39, 0.29) is 59.2 Å². The number of Topliss-reactive ketones (excluding diaryl/α,β-unsaturated/α-hetero) is 1. The van der Waals surface area contributed by atoms with E-state index in [2.05, 4.69) is 9.62 Å². The predicted molar refractivity (Wildman–Crippen MR) is 173 cm³/mol. The van der Waals surface area contributed by atoms with Crippen LogP contribution in [0, 0.1) is 6.92 Å². The first kappa shape index (κ1) is 34.6. The number of ketones is 1. The number of benzene rings is 3. The van der Waals surface area contributed by atoms with Gasteiger partial charge in [0.15, 0.2) is 5.78 Å². The molecule has 1 saturated heterocycles. The van der Waals surface area contributed by atoms with Crippen molar-refractivity contribution in [3.8, 4) is 0 Å². The van der Waals surface area contributed by atoms with E-state index in [9.17, 15) is 23.1 Å². The third kappa shape index (κ3) is 7.43. The van der Waals surface area contributed by atoms with Crippen LogP contribution in [0.3, 0.4) is 0 Å². The molecule has 0 spiro atoms. The van der Waals surface area contributed by atoms with Gasteiger partial charge in [-0.05, 0) is 74.5 Å². The van der Waals surface area contributed by atoms with Crippen LogP contribution in [0.25, 0.3) is 10.9 Å². The number of aryl methyl sites for hydroxylation is 1. The molecule has 4 aromatic rings. The number of carbonyl (C=O) groups excluding carboxylic acids is 1. The van der Waals surface area contributed by atoms with Gasteiger partial charge in [0.1, 0.15) is 5.82 Å². The van der Waals surface area contributed by atoms with Gasteiger partial charge >= 0.3 is 5.97 Å². The van der Waals surface area contributed by atoms with Crippen molar-refractivity contribution < 1.29 is 23.1 Å². The first-order valence-electron chi connectivity index (χ1n) is 12.5. The minimum absolute atomic E-state index is 0. The molecule has 1 aliphatic rings. The number of halogens is 3. The van der Waals surface area contributed by atoms with E-state index in [0.717, 1.165) is 11.3 Å². The first-order chi connectivity index (χ1) is 18.6. The summed E-state index contributed by atoms with van der Waals surface area (Å²) < 4.78 is 28.2. The first-order valence-corrected chi connectivity index (χ1v) is 14.0. The molecule has 9 nitrogen and oxygen atoms in total. The van der Waals surface area contributed by atoms with Gasteiger partial charge in [-0.1, -0.05) is 17.7 Å². The minimum atomic E-state index is -3.84. The Hall–Kier alpha value is -3.57. The average molecular weight is 654 g/mol. The lowest BCUT2D eigenvalue weighted by Gasteiger charge is -2.37. The number of rotatable bonds is 7. The van der Waals surface area contributed by atoms with E-state index >= 15 is 0 Å². The van der Waals surface area contributed by atoms with E-state index in [1.807, 2.05) is 36.1 Å². The highest BCUT2D eigenvalue weighted by Crippen LogP contribution is 2.28.